The van der Waals surface area contributed by atoms with Crippen LogP contribution in [0.25, 0.3) is 0 Å². The van der Waals surface area contributed by atoms with Crippen LogP contribution in [0.4, 0.5) is 4.39 Å². The van der Waals surface area contributed by atoms with Crippen LogP contribution in [0.1, 0.15) is 25.0 Å². The number of rotatable bonds is 2. The molecule has 0 spiro atoms. The molecule has 1 aromatic rings. The van der Waals surface area contributed by atoms with Gasteiger partial charge in [0.2, 0.25) is 0 Å². The van der Waals surface area contributed by atoms with Gasteiger partial charge in [-0.3, -0.25) is 4.90 Å². The average Bonchev–Trinajstić information content (AvgIpc) is 2.28. The van der Waals surface area contributed by atoms with Crippen molar-refractivity contribution in [2.45, 2.75) is 26.0 Å². The van der Waals surface area contributed by atoms with E-state index in [9.17, 15) is 4.39 Å². The van der Waals surface area contributed by atoms with Gasteiger partial charge >= 0.3 is 0 Å². The summed E-state index contributed by atoms with van der Waals surface area (Å²) in [4.78, 5) is 2.19. The van der Waals surface area contributed by atoms with Crippen LogP contribution in [-0.2, 0) is 11.3 Å². The predicted molar refractivity (Wildman–Crippen MR) is 66.4 cm³/mol. The highest BCUT2D eigenvalue weighted by atomic mass is 19.1. The molecule has 0 aromatic heterocycles. The quantitative estimate of drug-likeness (QED) is 0.805. The molecule has 1 fully saturated rings. The van der Waals surface area contributed by atoms with Gasteiger partial charge in [-0.25, -0.2) is 4.39 Å². The van der Waals surface area contributed by atoms with E-state index in [0.717, 1.165) is 18.7 Å². The monoisotopic (exact) mass is 248 g/mol. The lowest BCUT2D eigenvalue weighted by molar-refractivity contribution is -0.0883. The van der Waals surface area contributed by atoms with Gasteiger partial charge in [0.15, 0.2) is 0 Å². The molecular weight excluding hydrogens is 231 g/mol. The molecule has 3 nitrogen and oxygen atoms in total. The van der Waals surface area contributed by atoms with E-state index in [-0.39, 0.29) is 11.4 Å². The van der Waals surface area contributed by atoms with E-state index >= 15 is 0 Å². The van der Waals surface area contributed by atoms with E-state index in [2.05, 4.69) is 11.0 Å². The second kappa shape index (κ2) is 5.05. The molecule has 0 bridgehead atoms. The summed E-state index contributed by atoms with van der Waals surface area (Å²) < 4.78 is 18.9. The van der Waals surface area contributed by atoms with Gasteiger partial charge in [-0.05, 0) is 37.6 Å². The van der Waals surface area contributed by atoms with E-state index in [0.29, 0.717) is 18.7 Å². The summed E-state index contributed by atoms with van der Waals surface area (Å²) in [5, 5.41) is 9.03. The first kappa shape index (κ1) is 13.0. The maximum absolute atomic E-state index is 13.2. The molecule has 0 aliphatic carbocycles. The van der Waals surface area contributed by atoms with Crippen molar-refractivity contribution < 1.29 is 9.13 Å². The van der Waals surface area contributed by atoms with Gasteiger partial charge in [0.25, 0.3) is 0 Å². The molecule has 0 amide bonds. The molecule has 1 saturated heterocycles. The highest BCUT2D eigenvalue weighted by molar-refractivity contribution is 5.37. The molecule has 2 rings (SSSR count). The topological polar surface area (TPSA) is 36.3 Å². The first-order valence-corrected chi connectivity index (χ1v) is 6.05. The minimum absolute atomic E-state index is 0.182. The largest absolute Gasteiger partial charge is 0.373 e. The SMILES string of the molecule is CC1(C)CN(Cc2cc(F)ccc2C#N)CCO1. The van der Waals surface area contributed by atoms with Crippen LogP contribution in [-0.4, -0.2) is 30.2 Å². The van der Waals surface area contributed by atoms with Gasteiger partial charge in [0.05, 0.1) is 23.8 Å². The Hall–Kier alpha value is -1.44. The molecule has 1 aliphatic rings. The number of morpholine rings is 1. The molecular formula is C14H17FN2O. The van der Waals surface area contributed by atoms with Crippen molar-refractivity contribution in [3.05, 3.63) is 35.1 Å². The number of nitriles is 1. The molecule has 0 radical (unpaired) electrons. The summed E-state index contributed by atoms with van der Waals surface area (Å²) in [7, 11) is 0. The van der Waals surface area contributed by atoms with Crippen LogP contribution in [0.15, 0.2) is 18.2 Å². The summed E-state index contributed by atoms with van der Waals surface area (Å²) >= 11 is 0. The van der Waals surface area contributed by atoms with E-state index in [4.69, 9.17) is 10.00 Å². The van der Waals surface area contributed by atoms with Gasteiger partial charge < -0.3 is 4.74 Å². The minimum Gasteiger partial charge on any atom is -0.373 e. The predicted octanol–water partition coefficient (Wildman–Crippen LogP) is 2.31. The Labute approximate surface area is 107 Å². The Bertz CT molecular complexity index is 479. The smallest absolute Gasteiger partial charge is 0.123 e. The number of nitrogens with zero attached hydrogens (tertiary/aromatic N) is 2. The summed E-state index contributed by atoms with van der Waals surface area (Å²) in [6.07, 6.45) is 0. The van der Waals surface area contributed by atoms with E-state index in [1.54, 1.807) is 0 Å². The van der Waals surface area contributed by atoms with Crippen LogP contribution in [0.2, 0.25) is 0 Å². The third-order valence-corrected chi connectivity index (χ3v) is 3.09. The van der Waals surface area contributed by atoms with Gasteiger partial charge in [0, 0.05) is 19.6 Å². The fraction of sp³-hybridized carbons (Fsp3) is 0.500. The molecule has 4 heteroatoms. The molecule has 1 aliphatic heterocycles. The normalized spacial score (nSPS) is 19.4. The molecule has 18 heavy (non-hydrogen) atoms. The van der Waals surface area contributed by atoms with Gasteiger partial charge in [0.1, 0.15) is 5.82 Å². The Balaban J connectivity index is 2.14. The fourth-order valence-corrected chi connectivity index (χ4v) is 2.29. The Morgan fingerprint density at radius 2 is 2.28 bits per heavy atom. The Kier molecular flexibility index (Phi) is 3.65. The first-order valence-electron chi connectivity index (χ1n) is 6.05. The van der Waals surface area contributed by atoms with Crippen molar-refractivity contribution in [2.24, 2.45) is 0 Å². The second-order valence-corrected chi connectivity index (χ2v) is 5.23. The molecule has 0 atom stereocenters. The summed E-state index contributed by atoms with van der Waals surface area (Å²) in [6, 6.07) is 6.42. The Morgan fingerprint density at radius 3 is 2.94 bits per heavy atom. The van der Waals surface area contributed by atoms with Crippen molar-refractivity contribution in [3.8, 4) is 6.07 Å². The number of ether oxygens (including phenoxy) is 1. The van der Waals surface area contributed by atoms with Crippen molar-refractivity contribution in [1.82, 2.24) is 4.90 Å². The number of hydrogen-bond donors (Lipinski definition) is 0. The van der Waals surface area contributed by atoms with Crippen molar-refractivity contribution >= 4 is 0 Å². The second-order valence-electron chi connectivity index (χ2n) is 5.23. The standard InChI is InChI=1S/C14H17FN2O/c1-14(2)10-17(5-6-18-14)9-12-7-13(15)4-3-11(12)8-16/h3-4,7H,5-6,9-10H2,1-2H3. The molecule has 96 valence electrons. The number of benzene rings is 1. The Morgan fingerprint density at radius 1 is 1.50 bits per heavy atom. The highest BCUT2D eigenvalue weighted by Crippen LogP contribution is 2.20. The molecule has 1 heterocycles. The van der Waals surface area contributed by atoms with Gasteiger partial charge in [-0.2, -0.15) is 5.26 Å². The number of hydrogen-bond acceptors (Lipinski definition) is 3. The van der Waals surface area contributed by atoms with Gasteiger partial charge in [-0.15, -0.1) is 0 Å². The lowest BCUT2D eigenvalue weighted by Gasteiger charge is -2.38. The van der Waals surface area contributed by atoms with Crippen LogP contribution in [0.3, 0.4) is 0 Å². The van der Waals surface area contributed by atoms with Crippen molar-refractivity contribution in [2.75, 3.05) is 19.7 Å². The van der Waals surface area contributed by atoms with Crippen LogP contribution in [0, 0.1) is 17.1 Å². The summed E-state index contributed by atoms with van der Waals surface area (Å²) in [6.45, 7) is 6.93. The molecule has 0 N–H and O–H groups in total. The van der Waals surface area contributed by atoms with Crippen LogP contribution in [0.5, 0.6) is 0 Å². The minimum atomic E-state index is -0.295. The lowest BCUT2D eigenvalue weighted by Crippen LogP contribution is -2.47. The highest BCUT2D eigenvalue weighted by Gasteiger charge is 2.27. The average molecular weight is 248 g/mol. The maximum atomic E-state index is 13.2. The third kappa shape index (κ3) is 3.06. The third-order valence-electron chi connectivity index (χ3n) is 3.09. The summed E-state index contributed by atoms with van der Waals surface area (Å²) in [5.41, 5.74) is 1.11. The molecule has 1 aromatic carbocycles. The van der Waals surface area contributed by atoms with E-state index in [1.807, 2.05) is 13.8 Å². The van der Waals surface area contributed by atoms with Crippen LogP contribution >= 0.6 is 0 Å². The first-order chi connectivity index (χ1) is 8.50. The fourth-order valence-electron chi connectivity index (χ4n) is 2.29. The van der Waals surface area contributed by atoms with E-state index < -0.39 is 0 Å². The molecule has 0 saturated carbocycles. The van der Waals surface area contributed by atoms with Crippen molar-refractivity contribution in [1.29, 1.82) is 5.26 Å². The van der Waals surface area contributed by atoms with Gasteiger partial charge in [-0.1, -0.05) is 0 Å². The van der Waals surface area contributed by atoms with E-state index in [1.165, 1.54) is 18.2 Å². The zero-order valence-corrected chi connectivity index (χ0v) is 10.7. The summed E-state index contributed by atoms with van der Waals surface area (Å²) in [5.74, 6) is -0.295. The zero-order valence-electron chi connectivity index (χ0n) is 10.7. The zero-order chi connectivity index (χ0) is 13.2. The van der Waals surface area contributed by atoms with Crippen molar-refractivity contribution in [3.63, 3.8) is 0 Å². The number of halogens is 1. The maximum Gasteiger partial charge on any atom is 0.123 e. The lowest BCUT2D eigenvalue weighted by atomic mass is 10.0. The van der Waals surface area contributed by atoms with Crippen LogP contribution < -0.4 is 0 Å². The molecule has 0 unspecified atom stereocenters.